The lowest BCUT2D eigenvalue weighted by Gasteiger charge is -2.27. The van der Waals surface area contributed by atoms with Gasteiger partial charge < -0.3 is 9.88 Å². The summed E-state index contributed by atoms with van der Waals surface area (Å²) >= 11 is 0. The maximum Gasteiger partial charge on any atom is 0.262 e. The summed E-state index contributed by atoms with van der Waals surface area (Å²) in [5.41, 5.74) is 2.83. The number of rotatable bonds is 7. The Morgan fingerprint density at radius 3 is 2.50 bits per heavy atom. The van der Waals surface area contributed by atoms with Crippen molar-refractivity contribution < 1.29 is 24.0 Å². The Hall–Kier alpha value is -4.53. The number of piperidine rings is 1. The van der Waals surface area contributed by atoms with Crippen molar-refractivity contribution in [3.63, 3.8) is 0 Å². The van der Waals surface area contributed by atoms with Gasteiger partial charge in [0.15, 0.2) is 0 Å². The van der Waals surface area contributed by atoms with Crippen molar-refractivity contribution in [1.82, 2.24) is 20.1 Å². The summed E-state index contributed by atoms with van der Waals surface area (Å²) in [7, 11) is 0. The van der Waals surface area contributed by atoms with E-state index in [2.05, 4.69) is 10.6 Å². The highest BCUT2D eigenvalue weighted by Gasteiger charge is 2.44. The van der Waals surface area contributed by atoms with Gasteiger partial charge in [-0.2, -0.15) is 0 Å². The molecule has 1 aromatic heterocycles. The van der Waals surface area contributed by atoms with Crippen LogP contribution in [0.1, 0.15) is 55.9 Å². The topological polar surface area (TPSA) is 118 Å². The Balaban J connectivity index is 1.18. The number of nitrogens with zero attached hydrogens (tertiary/aromatic N) is 2. The van der Waals surface area contributed by atoms with Crippen LogP contribution in [0.25, 0.3) is 5.69 Å². The van der Waals surface area contributed by atoms with E-state index < -0.39 is 29.7 Å². The fourth-order valence-electron chi connectivity index (χ4n) is 4.58. The van der Waals surface area contributed by atoms with Gasteiger partial charge in [-0.1, -0.05) is 12.1 Å². The number of amides is 5. The van der Waals surface area contributed by atoms with Crippen LogP contribution in [-0.2, 0) is 16.0 Å². The van der Waals surface area contributed by atoms with Crippen molar-refractivity contribution in [2.75, 3.05) is 6.54 Å². The van der Waals surface area contributed by atoms with Crippen LogP contribution < -0.4 is 10.6 Å². The molecule has 1 saturated heterocycles. The zero-order valence-corrected chi connectivity index (χ0v) is 19.4. The molecular weight excluding hydrogens is 460 g/mol. The van der Waals surface area contributed by atoms with Gasteiger partial charge in [-0.3, -0.25) is 34.2 Å². The lowest BCUT2D eigenvalue weighted by atomic mass is 10.0. The second-order valence-corrected chi connectivity index (χ2v) is 8.83. The second-order valence-electron chi connectivity index (χ2n) is 8.83. The number of aromatic nitrogens is 1. The molecule has 0 aliphatic carbocycles. The number of hydrogen-bond donors (Lipinski definition) is 2. The van der Waals surface area contributed by atoms with Crippen molar-refractivity contribution in [3.8, 4) is 5.69 Å². The van der Waals surface area contributed by atoms with Gasteiger partial charge in [0.05, 0.1) is 11.1 Å². The molecule has 2 aliphatic heterocycles. The number of carbonyl (C=O) groups excluding carboxylic acids is 5. The average Bonchev–Trinajstić information content (AvgIpc) is 3.50. The molecule has 182 valence electrons. The van der Waals surface area contributed by atoms with Gasteiger partial charge in [0.2, 0.25) is 11.8 Å². The van der Waals surface area contributed by atoms with Gasteiger partial charge in [0, 0.05) is 36.6 Å². The summed E-state index contributed by atoms with van der Waals surface area (Å²) in [6.07, 6.45) is 5.26. The predicted octanol–water partition coefficient (Wildman–Crippen LogP) is 2.24. The van der Waals surface area contributed by atoms with Crippen LogP contribution in [0.15, 0.2) is 67.0 Å². The van der Waals surface area contributed by atoms with Crippen LogP contribution >= 0.6 is 0 Å². The molecule has 0 radical (unpaired) electrons. The Morgan fingerprint density at radius 1 is 0.944 bits per heavy atom. The fraction of sp³-hybridized carbons (Fsp3) is 0.222. The van der Waals surface area contributed by atoms with E-state index in [1.165, 1.54) is 0 Å². The maximum absolute atomic E-state index is 13.0. The quantitative estimate of drug-likeness (QED) is 0.394. The number of hydrogen-bond acceptors (Lipinski definition) is 5. The zero-order valence-electron chi connectivity index (χ0n) is 19.4. The third-order valence-corrected chi connectivity index (χ3v) is 6.44. The van der Waals surface area contributed by atoms with Gasteiger partial charge in [-0.05, 0) is 67.3 Å². The first kappa shape index (κ1) is 23.2. The van der Waals surface area contributed by atoms with E-state index in [-0.39, 0.29) is 29.9 Å². The first-order chi connectivity index (χ1) is 17.4. The Bertz CT molecular complexity index is 1380. The van der Waals surface area contributed by atoms with Gasteiger partial charge in [-0.15, -0.1) is 0 Å². The van der Waals surface area contributed by atoms with E-state index in [4.69, 9.17) is 0 Å². The highest BCUT2D eigenvalue weighted by atomic mass is 16.2. The number of nitrogens with one attached hydrogen (secondary N) is 2. The first-order valence-electron chi connectivity index (χ1n) is 11.8. The fourth-order valence-corrected chi connectivity index (χ4v) is 4.58. The van der Waals surface area contributed by atoms with Crippen LogP contribution in [0.2, 0.25) is 0 Å². The van der Waals surface area contributed by atoms with Crippen molar-refractivity contribution >= 4 is 29.5 Å². The Morgan fingerprint density at radius 2 is 1.72 bits per heavy atom. The lowest BCUT2D eigenvalue weighted by molar-refractivity contribution is -0.136. The van der Waals surface area contributed by atoms with Crippen LogP contribution in [0, 0.1) is 0 Å². The third-order valence-electron chi connectivity index (χ3n) is 6.44. The van der Waals surface area contributed by atoms with E-state index in [9.17, 15) is 24.0 Å². The minimum absolute atomic E-state index is 0.0808. The van der Waals surface area contributed by atoms with Gasteiger partial charge in [0.1, 0.15) is 6.04 Å². The van der Waals surface area contributed by atoms with Crippen molar-refractivity contribution in [1.29, 1.82) is 0 Å². The Kier molecular flexibility index (Phi) is 6.20. The molecule has 2 aliphatic rings. The van der Waals surface area contributed by atoms with Crippen molar-refractivity contribution in [3.05, 3.63) is 89.2 Å². The largest absolute Gasteiger partial charge is 0.352 e. The summed E-state index contributed by atoms with van der Waals surface area (Å²) in [5.74, 6) is -2.25. The predicted molar refractivity (Wildman–Crippen MR) is 130 cm³/mol. The number of imide groups is 2. The molecule has 3 aromatic rings. The average molecular weight is 485 g/mol. The molecule has 36 heavy (non-hydrogen) atoms. The Labute approximate surface area is 207 Å². The number of carbonyl (C=O) groups is 5. The second kappa shape index (κ2) is 9.61. The smallest absolute Gasteiger partial charge is 0.262 e. The monoisotopic (exact) mass is 484 g/mol. The molecule has 0 spiro atoms. The molecule has 0 bridgehead atoms. The van der Waals surface area contributed by atoms with Crippen molar-refractivity contribution in [2.45, 2.75) is 31.7 Å². The highest BCUT2D eigenvalue weighted by Crippen LogP contribution is 2.28. The SMILES string of the molecule is O=C1CCC(N2C(=O)c3ccc(CCCNC(=O)c4cccc(-n5cccc5)c4)cc3C2=O)C(=O)N1. The summed E-state index contributed by atoms with van der Waals surface area (Å²) in [6, 6.07) is 15.3. The molecule has 2 N–H and O–H groups in total. The maximum atomic E-state index is 13.0. The molecule has 5 rings (SSSR count). The van der Waals surface area contributed by atoms with E-state index in [1.54, 1.807) is 24.3 Å². The molecule has 1 fully saturated rings. The number of aryl methyl sites for hydroxylation is 1. The van der Waals surface area contributed by atoms with Gasteiger partial charge in [-0.25, -0.2) is 0 Å². The normalized spacial score (nSPS) is 17.2. The third kappa shape index (κ3) is 4.43. The van der Waals surface area contributed by atoms with E-state index in [0.29, 0.717) is 24.9 Å². The van der Waals surface area contributed by atoms with Crippen LogP contribution in [0.3, 0.4) is 0 Å². The minimum atomic E-state index is -0.982. The molecule has 9 heteroatoms. The summed E-state index contributed by atoms with van der Waals surface area (Å²) in [6.45, 7) is 0.443. The first-order valence-corrected chi connectivity index (χ1v) is 11.8. The van der Waals surface area contributed by atoms with Crippen LogP contribution in [0.4, 0.5) is 0 Å². The van der Waals surface area contributed by atoms with E-state index >= 15 is 0 Å². The highest BCUT2D eigenvalue weighted by molar-refractivity contribution is 6.23. The molecule has 1 unspecified atom stereocenters. The standard InChI is InChI=1S/C27H24N4O5/c32-23-11-10-22(25(34)29-23)31-26(35)20-9-8-17(15-21(20)27(31)36)5-4-12-28-24(33)18-6-3-7-19(16-18)30-13-1-2-14-30/h1-3,6-9,13-16,22H,4-5,10-12H2,(H,28,33)(H,29,32,34). The molecule has 1 atom stereocenters. The van der Waals surface area contributed by atoms with E-state index in [0.717, 1.165) is 16.2 Å². The van der Waals surface area contributed by atoms with Crippen LogP contribution in [0.5, 0.6) is 0 Å². The molecule has 3 heterocycles. The molecule has 9 nitrogen and oxygen atoms in total. The summed E-state index contributed by atoms with van der Waals surface area (Å²) < 4.78 is 1.93. The molecule has 5 amide bonds. The lowest BCUT2D eigenvalue weighted by Crippen LogP contribution is -2.54. The molecular formula is C27H24N4O5. The number of benzene rings is 2. The van der Waals surface area contributed by atoms with Crippen molar-refractivity contribution in [2.24, 2.45) is 0 Å². The van der Waals surface area contributed by atoms with Crippen LogP contribution in [-0.4, -0.2) is 51.6 Å². The van der Waals surface area contributed by atoms with Gasteiger partial charge >= 0.3 is 0 Å². The number of fused-ring (bicyclic) bond motifs is 1. The summed E-state index contributed by atoms with van der Waals surface area (Å²) in [5, 5.41) is 5.11. The van der Waals surface area contributed by atoms with Gasteiger partial charge in [0.25, 0.3) is 17.7 Å². The molecule has 2 aromatic carbocycles. The summed E-state index contributed by atoms with van der Waals surface area (Å²) in [4.78, 5) is 62.9. The van der Waals surface area contributed by atoms with E-state index in [1.807, 2.05) is 47.3 Å². The molecule has 0 saturated carbocycles. The minimum Gasteiger partial charge on any atom is -0.352 e. The zero-order chi connectivity index (χ0) is 25.2.